The minimum absolute atomic E-state index is 0.00344. The van der Waals surface area contributed by atoms with Crippen LogP contribution in [0.1, 0.15) is 44.7 Å². The third-order valence-electron chi connectivity index (χ3n) is 8.73. The lowest BCUT2D eigenvalue weighted by atomic mass is 9.78. The standard InChI is InChI=1S/C31H41N3O4S/c1-6-14-32-15-8-12-23-24(28(32)36)25-29(37)34(22(18-35)17-19(2)3)27-30(38)33(16-9-13-31(25,27)39-23)26-20(4)10-7-11-21(26)5/h7-13,19,22-25,27,35H,6,14-18H2,1-5H3/t22-,23-,24+,25+,27?,31+/m1/s1. The number of anilines is 1. The van der Waals surface area contributed by atoms with E-state index in [-0.39, 0.29) is 35.5 Å². The molecule has 4 aliphatic rings. The molecule has 39 heavy (non-hydrogen) atoms. The molecular weight excluding hydrogens is 510 g/mol. The number of benzene rings is 1. The van der Waals surface area contributed by atoms with Crippen LogP contribution >= 0.6 is 11.8 Å². The van der Waals surface area contributed by atoms with Crippen molar-refractivity contribution in [3.05, 3.63) is 53.6 Å². The molecule has 5 rings (SSSR count). The molecule has 6 atom stereocenters. The predicted molar refractivity (Wildman–Crippen MR) is 155 cm³/mol. The Morgan fingerprint density at radius 2 is 1.77 bits per heavy atom. The molecule has 7 nitrogen and oxygen atoms in total. The van der Waals surface area contributed by atoms with Crippen molar-refractivity contribution in [1.29, 1.82) is 0 Å². The van der Waals surface area contributed by atoms with Gasteiger partial charge in [-0.1, -0.05) is 63.3 Å². The van der Waals surface area contributed by atoms with E-state index in [1.165, 1.54) is 0 Å². The van der Waals surface area contributed by atoms with Crippen LogP contribution in [0.2, 0.25) is 0 Å². The molecule has 4 aliphatic heterocycles. The van der Waals surface area contributed by atoms with Crippen molar-refractivity contribution in [1.82, 2.24) is 9.80 Å². The van der Waals surface area contributed by atoms with Crippen molar-refractivity contribution >= 4 is 35.2 Å². The fourth-order valence-corrected chi connectivity index (χ4v) is 9.24. The highest BCUT2D eigenvalue weighted by atomic mass is 32.2. The fourth-order valence-electron chi connectivity index (χ4n) is 7.25. The number of hydrogen-bond donors (Lipinski definition) is 1. The Labute approximate surface area is 236 Å². The van der Waals surface area contributed by atoms with E-state index >= 15 is 0 Å². The lowest BCUT2D eigenvalue weighted by molar-refractivity contribution is -0.144. The van der Waals surface area contributed by atoms with E-state index < -0.39 is 28.7 Å². The molecule has 0 aromatic heterocycles. The molecule has 3 amide bonds. The second kappa shape index (κ2) is 10.8. The zero-order valence-corrected chi connectivity index (χ0v) is 24.5. The number of amides is 3. The number of fused-ring (bicyclic) bond motifs is 2. The van der Waals surface area contributed by atoms with Crippen molar-refractivity contribution in [3.63, 3.8) is 0 Å². The van der Waals surface area contributed by atoms with Gasteiger partial charge in [-0.3, -0.25) is 14.4 Å². The minimum Gasteiger partial charge on any atom is -0.394 e. The van der Waals surface area contributed by atoms with Gasteiger partial charge in [-0.15, -0.1) is 11.8 Å². The van der Waals surface area contributed by atoms with Crippen LogP contribution in [0.4, 0.5) is 5.69 Å². The van der Waals surface area contributed by atoms with Gasteiger partial charge in [0.15, 0.2) is 0 Å². The first-order valence-electron chi connectivity index (χ1n) is 14.3. The van der Waals surface area contributed by atoms with Crippen molar-refractivity contribution in [2.24, 2.45) is 17.8 Å². The number of thioether (sulfide) groups is 1. The van der Waals surface area contributed by atoms with Crippen LogP contribution in [0.25, 0.3) is 0 Å². The molecule has 0 aliphatic carbocycles. The summed E-state index contributed by atoms with van der Waals surface area (Å²) in [7, 11) is 0. The van der Waals surface area contributed by atoms with Gasteiger partial charge in [-0.2, -0.15) is 0 Å². The summed E-state index contributed by atoms with van der Waals surface area (Å²) in [4.78, 5) is 48.6. The molecule has 8 heteroatoms. The molecule has 2 saturated heterocycles. The monoisotopic (exact) mass is 551 g/mol. The molecule has 1 N–H and O–H groups in total. The maximum absolute atomic E-state index is 14.7. The molecule has 0 bridgehead atoms. The van der Waals surface area contributed by atoms with Gasteiger partial charge in [0.1, 0.15) is 6.04 Å². The first-order valence-corrected chi connectivity index (χ1v) is 15.2. The zero-order valence-electron chi connectivity index (χ0n) is 23.7. The Balaban J connectivity index is 1.66. The number of nitrogens with zero attached hydrogens (tertiary/aromatic N) is 3. The molecule has 1 aromatic carbocycles. The topological polar surface area (TPSA) is 81.2 Å². The number of rotatable bonds is 7. The molecule has 1 aromatic rings. The molecule has 2 fully saturated rings. The largest absolute Gasteiger partial charge is 0.394 e. The van der Waals surface area contributed by atoms with E-state index in [9.17, 15) is 19.5 Å². The second-order valence-electron chi connectivity index (χ2n) is 11.9. The third-order valence-corrected chi connectivity index (χ3v) is 10.5. The fraction of sp³-hybridized carbons (Fsp3) is 0.581. The summed E-state index contributed by atoms with van der Waals surface area (Å²) < 4.78 is -0.880. The number of likely N-dealkylation sites (tertiary alicyclic amines) is 1. The first-order chi connectivity index (χ1) is 18.7. The summed E-state index contributed by atoms with van der Waals surface area (Å²) in [6.45, 7) is 11.5. The van der Waals surface area contributed by atoms with Gasteiger partial charge in [0.2, 0.25) is 11.8 Å². The molecule has 1 spiro atoms. The lowest BCUT2D eigenvalue weighted by Gasteiger charge is -2.39. The number of aryl methyl sites for hydroxylation is 2. The predicted octanol–water partition coefficient (Wildman–Crippen LogP) is 3.72. The van der Waals surface area contributed by atoms with E-state index in [4.69, 9.17) is 0 Å². The Kier molecular flexibility index (Phi) is 7.72. The molecule has 4 heterocycles. The molecule has 1 unspecified atom stereocenters. The summed E-state index contributed by atoms with van der Waals surface area (Å²) in [6, 6.07) is 4.69. The number of carbonyl (C=O) groups is 3. The van der Waals surface area contributed by atoms with Gasteiger partial charge >= 0.3 is 0 Å². The van der Waals surface area contributed by atoms with Crippen LogP contribution in [-0.2, 0) is 14.4 Å². The van der Waals surface area contributed by atoms with Crippen molar-refractivity contribution < 1.29 is 19.5 Å². The van der Waals surface area contributed by atoms with Gasteiger partial charge in [0, 0.05) is 30.6 Å². The van der Waals surface area contributed by atoms with E-state index in [1.54, 1.807) is 16.7 Å². The number of carbonyl (C=O) groups excluding carboxylic acids is 3. The summed E-state index contributed by atoms with van der Waals surface area (Å²) in [6.07, 6.45) is 9.61. The van der Waals surface area contributed by atoms with Crippen molar-refractivity contribution in [2.45, 2.75) is 69.5 Å². The Bertz CT molecular complexity index is 1190. The third kappa shape index (κ3) is 4.44. The van der Waals surface area contributed by atoms with Crippen LogP contribution in [0.5, 0.6) is 0 Å². The molecule has 0 saturated carbocycles. The van der Waals surface area contributed by atoms with E-state index in [1.807, 2.05) is 54.0 Å². The summed E-state index contributed by atoms with van der Waals surface area (Å²) in [5, 5.41) is 10.4. The van der Waals surface area contributed by atoms with Crippen LogP contribution in [-0.4, -0.2) is 80.9 Å². The normalized spacial score (nSPS) is 30.9. The first kappa shape index (κ1) is 28.0. The maximum Gasteiger partial charge on any atom is 0.251 e. The zero-order chi connectivity index (χ0) is 28.1. The Hall–Kier alpha value is -2.58. The second-order valence-corrected chi connectivity index (χ2v) is 13.3. The number of hydrogen-bond acceptors (Lipinski definition) is 5. The summed E-state index contributed by atoms with van der Waals surface area (Å²) in [5.41, 5.74) is 2.86. The molecule has 0 radical (unpaired) electrons. The van der Waals surface area contributed by atoms with Gasteiger partial charge in [-0.05, 0) is 43.7 Å². The van der Waals surface area contributed by atoms with E-state index in [2.05, 4.69) is 32.9 Å². The number of aliphatic hydroxyl groups is 1. The number of aliphatic hydroxyl groups excluding tert-OH is 1. The van der Waals surface area contributed by atoms with Gasteiger partial charge in [-0.25, -0.2) is 0 Å². The smallest absolute Gasteiger partial charge is 0.251 e. The van der Waals surface area contributed by atoms with Crippen molar-refractivity contribution in [3.8, 4) is 0 Å². The van der Waals surface area contributed by atoms with E-state index in [0.717, 1.165) is 23.2 Å². The van der Waals surface area contributed by atoms with Gasteiger partial charge < -0.3 is 19.8 Å². The maximum atomic E-state index is 14.7. The minimum atomic E-state index is -0.880. The highest BCUT2D eigenvalue weighted by Crippen LogP contribution is 2.61. The molecule has 210 valence electrons. The molecular formula is C31H41N3O4S. The van der Waals surface area contributed by atoms with E-state index in [0.29, 0.717) is 26.1 Å². The lowest BCUT2D eigenvalue weighted by Crippen LogP contribution is -2.57. The average Bonchev–Trinajstić information content (AvgIpc) is 3.21. The highest BCUT2D eigenvalue weighted by molar-refractivity contribution is 8.02. The van der Waals surface area contributed by atoms with Crippen LogP contribution in [0.15, 0.2) is 42.5 Å². The van der Waals surface area contributed by atoms with Crippen LogP contribution in [0.3, 0.4) is 0 Å². The Morgan fingerprint density at radius 3 is 2.41 bits per heavy atom. The summed E-state index contributed by atoms with van der Waals surface area (Å²) >= 11 is 1.60. The SMILES string of the molecule is CCCN1CC=C[C@H]2S[C@]34C=CCN(c5c(C)cccc5C)C(=O)C3N([C@@H](CO)CC(C)C)C(=O)[C@@H]4[C@H]2C1=O. The highest BCUT2D eigenvalue weighted by Gasteiger charge is 2.71. The summed E-state index contributed by atoms with van der Waals surface area (Å²) in [5.74, 6) is -1.30. The van der Waals surface area contributed by atoms with Gasteiger partial charge in [0.05, 0.1) is 29.2 Å². The quantitative estimate of drug-likeness (QED) is 0.523. The average molecular weight is 552 g/mol. The Morgan fingerprint density at radius 1 is 1.05 bits per heavy atom. The van der Waals surface area contributed by atoms with Crippen LogP contribution < -0.4 is 4.90 Å². The van der Waals surface area contributed by atoms with Gasteiger partial charge in [0.25, 0.3) is 5.91 Å². The number of para-hydroxylation sites is 1. The van der Waals surface area contributed by atoms with Crippen molar-refractivity contribution in [2.75, 3.05) is 31.1 Å². The van der Waals surface area contributed by atoms with Crippen LogP contribution in [0, 0.1) is 31.6 Å².